The molecule has 1 aliphatic rings. The van der Waals surface area contributed by atoms with Crippen molar-refractivity contribution < 1.29 is 9.84 Å². The Morgan fingerprint density at radius 2 is 2.45 bits per heavy atom. The molecule has 0 aromatic heterocycles. The van der Waals surface area contributed by atoms with Gasteiger partial charge in [-0.1, -0.05) is 13.3 Å². The van der Waals surface area contributed by atoms with Crippen molar-refractivity contribution >= 4 is 0 Å². The molecule has 0 amide bonds. The molecular formula is C9H13O2. The molecule has 0 saturated heterocycles. The molecule has 1 heterocycles. The molecule has 1 atom stereocenters. The van der Waals surface area contributed by atoms with Crippen LogP contribution in [0.3, 0.4) is 0 Å². The van der Waals surface area contributed by atoms with E-state index < -0.39 is 0 Å². The summed E-state index contributed by atoms with van der Waals surface area (Å²) in [5, 5.41) is 9.26. The third kappa shape index (κ3) is 2.30. The normalized spacial score (nSPS) is 22.6. The van der Waals surface area contributed by atoms with Gasteiger partial charge in [0.25, 0.3) is 0 Å². The van der Waals surface area contributed by atoms with E-state index in [2.05, 4.69) is 6.92 Å². The van der Waals surface area contributed by atoms with E-state index in [0.29, 0.717) is 5.76 Å². The summed E-state index contributed by atoms with van der Waals surface area (Å²) < 4.78 is 5.17. The van der Waals surface area contributed by atoms with Gasteiger partial charge in [-0.3, -0.25) is 0 Å². The fraction of sp³-hybridized carbons (Fsp3) is 0.444. The van der Waals surface area contributed by atoms with Crippen LogP contribution in [0.1, 0.15) is 19.3 Å². The average Bonchev–Trinajstić information content (AvgIpc) is 2.03. The summed E-state index contributed by atoms with van der Waals surface area (Å²) in [6.45, 7) is 3.72. The molecule has 0 saturated carbocycles. The van der Waals surface area contributed by atoms with Gasteiger partial charge >= 0.3 is 0 Å². The number of rotatable bonds is 3. The first-order valence-corrected chi connectivity index (χ1v) is 3.85. The van der Waals surface area contributed by atoms with Crippen LogP contribution in [-0.4, -0.2) is 11.2 Å². The lowest BCUT2D eigenvalue weighted by Crippen LogP contribution is -2.14. The molecule has 0 aliphatic carbocycles. The summed E-state index contributed by atoms with van der Waals surface area (Å²) in [5.74, 6) is 0.320. The molecule has 1 rings (SSSR count). The number of unbranched alkanes of at least 4 members (excludes halogenated alkanes) is 1. The van der Waals surface area contributed by atoms with Crippen LogP contribution in [0.15, 0.2) is 24.2 Å². The second kappa shape index (κ2) is 4.06. The van der Waals surface area contributed by atoms with Crippen molar-refractivity contribution in [2.24, 2.45) is 0 Å². The molecule has 0 aromatic carbocycles. The Morgan fingerprint density at radius 3 is 3.09 bits per heavy atom. The molecule has 11 heavy (non-hydrogen) atoms. The quantitative estimate of drug-likeness (QED) is 0.674. The Morgan fingerprint density at radius 1 is 1.64 bits per heavy atom. The van der Waals surface area contributed by atoms with Gasteiger partial charge < -0.3 is 9.84 Å². The molecule has 0 spiro atoms. The second-order valence-electron chi connectivity index (χ2n) is 2.54. The Hall–Kier alpha value is -0.920. The van der Waals surface area contributed by atoms with Crippen molar-refractivity contribution in [3.63, 3.8) is 0 Å². The molecule has 0 bridgehead atoms. The highest BCUT2D eigenvalue weighted by Gasteiger charge is 2.13. The number of aliphatic hydroxyl groups excluding tert-OH is 1. The van der Waals surface area contributed by atoms with E-state index in [9.17, 15) is 5.11 Å². The van der Waals surface area contributed by atoms with Gasteiger partial charge in [-0.25, -0.2) is 0 Å². The maximum atomic E-state index is 9.26. The van der Waals surface area contributed by atoms with Gasteiger partial charge in [-0.05, 0) is 25.0 Å². The monoisotopic (exact) mass is 153 g/mol. The number of hydrogen-bond donors (Lipinski definition) is 1. The zero-order valence-electron chi connectivity index (χ0n) is 6.49. The van der Waals surface area contributed by atoms with E-state index in [0.717, 1.165) is 19.3 Å². The summed E-state index contributed by atoms with van der Waals surface area (Å²) in [4.78, 5) is 0. The van der Waals surface area contributed by atoms with Crippen molar-refractivity contribution in [2.45, 2.75) is 25.4 Å². The predicted octanol–water partition coefficient (Wildman–Crippen LogP) is 2.35. The third-order valence-corrected chi connectivity index (χ3v) is 1.63. The minimum absolute atomic E-state index is 0.137. The van der Waals surface area contributed by atoms with E-state index in [-0.39, 0.29) is 6.10 Å². The van der Waals surface area contributed by atoms with Gasteiger partial charge in [-0.2, -0.15) is 0 Å². The molecule has 1 radical (unpaired) electrons. The van der Waals surface area contributed by atoms with E-state index in [1.165, 1.54) is 0 Å². The molecule has 0 fully saturated rings. The largest absolute Gasteiger partial charge is 0.508 e. The number of allylic oxidation sites excluding steroid dienone is 2. The Balaban J connectivity index is 2.35. The molecule has 2 nitrogen and oxygen atoms in total. The summed E-state index contributed by atoms with van der Waals surface area (Å²) in [5.41, 5.74) is 0. The van der Waals surface area contributed by atoms with E-state index in [1.807, 2.05) is 0 Å². The van der Waals surface area contributed by atoms with Crippen LogP contribution in [-0.2, 0) is 4.74 Å². The van der Waals surface area contributed by atoms with Crippen LogP contribution in [0, 0.1) is 6.92 Å². The first-order chi connectivity index (χ1) is 5.34. The lowest BCUT2D eigenvalue weighted by Gasteiger charge is -2.17. The van der Waals surface area contributed by atoms with Crippen LogP contribution in [0.4, 0.5) is 0 Å². The lowest BCUT2D eigenvalue weighted by molar-refractivity contribution is 0.114. The topological polar surface area (TPSA) is 29.5 Å². The van der Waals surface area contributed by atoms with Gasteiger partial charge in [-0.15, -0.1) is 0 Å². The minimum atomic E-state index is -0.137. The van der Waals surface area contributed by atoms with Crippen LogP contribution >= 0.6 is 0 Å². The van der Waals surface area contributed by atoms with Crippen molar-refractivity contribution in [1.29, 1.82) is 0 Å². The fourth-order valence-electron chi connectivity index (χ4n) is 1.00. The Kier molecular flexibility index (Phi) is 3.02. The van der Waals surface area contributed by atoms with Crippen LogP contribution in [0.5, 0.6) is 0 Å². The first-order valence-electron chi connectivity index (χ1n) is 3.85. The van der Waals surface area contributed by atoms with Gasteiger partial charge in [0, 0.05) is 0 Å². The average molecular weight is 153 g/mol. The molecule has 1 unspecified atom stereocenters. The summed E-state index contributed by atoms with van der Waals surface area (Å²) in [6, 6.07) is 0. The highest BCUT2D eigenvalue weighted by Crippen LogP contribution is 2.15. The molecule has 2 heteroatoms. The second-order valence-corrected chi connectivity index (χ2v) is 2.54. The smallest absolute Gasteiger partial charge is 0.154 e. The number of hydrogen-bond acceptors (Lipinski definition) is 2. The zero-order chi connectivity index (χ0) is 8.10. The highest BCUT2D eigenvalue weighted by molar-refractivity contribution is 5.12. The Labute approximate surface area is 67.2 Å². The van der Waals surface area contributed by atoms with Crippen molar-refractivity contribution in [2.75, 3.05) is 0 Å². The van der Waals surface area contributed by atoms with Crippen molar-refractivity contribution in [3.05, 3.63) is 31.1 Å². The molecule has 1 aliphatic heterocycles. The lowest BCUT2D eigenvalue weighted by atomic mass is 10.1. The van der Waals surface area contributed by atoms with Crippen LogP contribution in [0.2, 0.25) is 0 Å². The maximum absolute atomic E-state index is 9.26. The summed E-state index contributed by atoms with van der Waals surface area (Å²) >= 11 is 0. The first kappa shape index (κ1) is 8.18. The van der Waals surface area contributed by atoms with E-state index in [1.54, 1.807) is 18.4 Å². The van der Waals surface area contributed by atoms with Crippen LogP contribution < -0.4 is 0 Å². The molecule has 1 N–H and O–H groups in total. The standard InChI is InChI=1S/C9H13O2/c1-2-3-6-9-8(10)5-4-7-11-9/h4-5,7,9-10H,1-3,6H2. The summed E-state index contributed by atoms with van der Waals surface area (Å²) in [6.07, 6.45) is 7.53. The molecule has 61 valence electrons. The maximum Gasteiger partial charge on any atom is 0.154 e. The van der Waals surface area contributed by atoms with E-state index in [4.69, 9.17) is 4.74 Å². The Bertz CT molecular complexity index is 170. The number of ether oxygens (including phenoxy) is 1. The van der Waals surface area contributed by atoms with E-state index >= 15 is 0 Å². The molecule has 0 aromatic rings. The van der Waals surface area contributed by atoms with Gasteiger partial charge in [0.1, 0.15) is 5.76 Å². The van der Waals surface area contributed by atoms with Gasteiger partial charge in [0.05, 0.1) is 6.26 Å². The fourth-order valence-corrected chi connectivity index (χ4v) is 1.00. The van der Waals surface area contributed by atoms with Crippen molar-refractivity contribution in [1.82, 2.24) is 0 Å². The van der Waals surface area contributed by atoms with Crippen LogP contribution in [0.25, 0.3) is 0 Å². The summed E-state index contributed by atoms with van der Waals surface area (Å²) in [7, 11) is 0. The highest BCUT2D eigenvalue weighted by atomic mass is 16.5. The van der Waals surface area contributed by atoms with Gasteiger partial charge in [0.2, 0.25) is 0 Å². The third-order valence-electron chi connectivity index (χ3n) is 1.63. The molecular weight excluding hydrogens is 140 g/mol. The predicted molar refractivity (Wildman–Crippen MR) is 43.9 cm³/mol. The van der Waals surface area contributed by atoms with Crippen molar-refractivity contribution in [3.8, 4) is 0 Å². The minimum Gasteiger partial charge on any atom is -0.508 e. The van der Waals surface area contributed by atoms with Gasteiger partial charge in [0.15, 0.2) is 6.10 Å². The zero-order valence-corrected chi connectivity index (χ0v) is 6.49. The number of aliphatic hydroxyl groups is 1. The SMILES string of the molecule is [CH2]CCCC1OC=CC=C1O.